The molecule has 0 bridgehead atoms. The van der Waals surface area contributed by atoms with Crippen LogP contribution in [-0.4, -0.2) is 37.2 Å². The third-order valence-corrected chi connectivity index (χ3v) is 15.6. The van der Waals surface area contributed by atoms with E-state index >= 15 is 0 Å². The molecule has 1 unspecified atom stereocenters. The molecule has 6 nitrogen and oxygen atoms in total. The second kappa shape index (κ2) is 70.8. The number of hydrogen-bond acceptors (Lipinski definition) is 6. The Kier molecular flexibility index (Phi) is 67.7. The van der Waals surface area contributed by atoms with Crippen molar-refractivity contribution in [1.29, 1.82) is 0 Å². The van der Waals surface area contributed by atoms with E-state index in [0.29, 0.717) is 19.3 Å². The smallest absolute Gasteiger partial charge is 0.306 e. The zero-order valence-corrected chi connectivity index (χ0v) is 54.9. The van der Waals surface area contributed by atoms with Crippen LogP contribution in [0.5, 0.6) is 0 Å². The second-order valence-electron chi connectivity index (χ2n) is 23.8. The molecule has 0 aromatic rings. The van der Waals surface area contributed by atoms with Crippen LogP contribution in [0.4, 0.5) is 0 Å². The van der Waals surface area contributed by atoms with Gasteiger partial charge >= 0.3 is 17.9 Å². The molecule has 0 aliphatic heterocycles. The molecular formula is C77H134O6. The first-order valence-corrected chi connectivity index (χ1v) is 35.7. The number of ether oxygens (including phenoxy) is 3. The van der Waals surface area contributed by atoms with Gasteiger partial charge in [-0.2, -0.15) is 0 Å². The molecule has 0 heterocycles. The Hall–Kier alpha value is -3.67. The summed E-state index contributed by atoms with van der Waals surface area (Å²) in [5.74, 6) is -0.870. The van der Waals surface area contributed by atoms with E-state index in [4.69, 9.17) is 14.2 Å². The molecular weight excluding hydrogens is 1020 g/mol. The van der Waals surface area contributed by atoms with Gasteiger partial charge in [-0.15, -0.1) is 0 Å². The average molecular weight is 1160 g/mol. The van der Waals surface area contributed by atoms with Crippen LogP contribution in [0.2, 0.25) is 0 Å². The fraction of sp³-hybridized carbons (Fsp3) is 0.753. The lowest BCUT2D eigenvalue weighted by Crippen LogP contribution is -2.30. The summed E-state index contributed by atoms with van der Waals surface area (Å²) in [4.78, 5) is 38.5. The molecule has 0 aliphatic carbocycles. The van der Waals surface area contributed by atoms with E-state index < -0.39 is 6.10 Å². The molecule has 478 valence electrons. The summed E-state index contributed by atoms with van der Waals surface area (Å²) in [6, 6.07) is 0. The third-order valence-electron chi connectivity index (χ3n) is 15.6. The summed E-state index contributed by atoms with van der Waals surface area (Å²) in [5, 5.41) is 0. The van der Waals surface area contributed by atoms with Crippen LogP contribution in [0, 0.1) is 0 Å². The Morgan fingerprint density at radius 2 is 0.470 bits per heavy atom. The Balaban J connectivity index is 4.34. The van der Waals surface area contributed by atoms with Gasteiger partial charge in [-0.3, -0.25) is 14.4 Å². The van der Waals surface area contributed by atoms with Gasteiger partial charge in [-0.25, -0.2) is 0 Å². The molecule has 0 aliphatic rings. The van der Waals surface area contributed by atoms with E-state index in [2.05, 4.69) is 118 Å². The predicted octanol–water partition coefficient (Wildman–Crippen LogP) is 24.8. The van der Waals surface area contributed by atoms with Gasteiger partial charge in [0.2, 0.25) is 0 Å². The number of hydrogen-bond donors (Lipinski definition) is 0. The van der Waals surface area contributed by atoms with E-state index in [1.165, 1.54) is 205 Å². The van der Waals surface area contributed by atoms with E-state index in [1.807, 2.05) is 0 Å². The molecule has 0 amide bonds. The van der Waals surface area contributed by atoms with Crippen molar-refractivity contribution < 1.29 is 28.6 Å². The van der Waals surface area contributed by atoms with Crippen molar-refractivity contribution in [2.24, 2.45) is 0 Å². The molecule has 1 atom stereocenters. The number of carbonyl (C=O) groups is 3. The zero-order valence-electron chi connectivity index (χ0n) is 54.9. The molecule has 0 radical (unpaired) electrons. The minimum atomic E-state index is -0.784. The Morgan fingerprint density at radius 1 is 0.253 bits per heavy atom. The molecule has 0 N–H and O–H groups in total. The summed E-state index contributed by atoms with van der Waals surface area (Å²) in [5.41, 5.74) is 0. The average Bonchev–Trinajstić information content (AvgIpc) is 3.49. The molecule has 0 spiro atoms. The van der Waals surface area contributed by atoms with Crippen molar-refractivity contribution in [2.45, 2.75) is 361 Å². The third kappa shape index (κ3) is 69.0. The van der Waals surface area contributed by atoms with Crippen molar-refractivity contribution in [3.8, 4) is 0 Å². The highest BCUT2D eigenvalue weighted by molar-refractivity contribution is 5.71. The molecule has 83 heavy (non-hydrogen) atoms. The number of allylic oxidation sites excluding steroid dienone is 16. The van der Waals surface area contributed by atoms with E-state index in [-0.39, 0.29) is 31.1 Å². The van der Waals surface area contributed by atoms with Crippen molar-refractivity contribution in [1.82, 2.24) is 0 Å². The summed E-state index contributed by atoms with van der Waals surface area (Å²) in [6.45, 7) is 6.56. The highest BCUT2D eigenvalue weighted by atomic mass is 16.6. The first kappa shape index (κ1) is 79.3. The molecule has 0 aromatic heterocycles. The molecule has 0 aromatic carbocycles. The summed E-state index contributed by atoms with van der Waals surface area (Å²) in [6.07, 6.45) is 95.7. The summed E-state index contributed by atoms with van der Waals surface area (Å²) in [7, 11) is 0. The van der Waals surface area contributed by atoms with Gasteiger partial charge in [0, 0.05) is 19.3 Å². The number of carbonyl (C=O) groups excluding carboxylic acids is 3. The first-order valence-electron chi connectivity index (χ1n) is 35.7. The van der Waals surface area contributed by atoms with Gasteiger partial charge in [-0.1, -0.05) is 330 Å². The van der Waals surface area contributed by atoms with Crippen LogP contribution in [0.1, 0.15) is 355 Å². The van der Waals surface area contributed by atoms with Crippen molar-refractivity contribution >= 4 is 17.9 Å². The van der Waals surface area contributed by atoms with E-state index in [9.17, 15) is 14.4 Å². The van der Waals surface area contributed by atoms with Gasteiger partial charge in [0.25, 0.3) is 0 Å². The largest absolute Gasteiger partial charge is 0.462 e. The maximum absolute atomic E-state index is 13.0. The fourth-order valence-electron chi connectivity index (χ4n) is 10.2. The van der Waals surface area contributed by atoms with Crippen LogP contribution in [0.25, 0.3) is 0 Å². The molecule has 0 fully saturated rings. The van der Waals surface area contributed by atoms with E-state index in [1.54, 1.807) is 0 Å². The molecule has 6 heteroatoms. The van der Waals surface area contributed by atoms with Gasteiger partial charge in [-0.05, 0) is 103 Å². The van der Waals surface area contributed by atoms with Gasteiger partial charge in [0.05, 0.1) is 0 Å². The highest BCUT2D eigenvalue weighted by Crippen LogP contribution is 2.17. The lowest BCUT2D eigenvalue weighted by Gasteiger charge is -2.18. The van der Waals surface area contributed by atoms with Crippen molar-refractivity contribution in [2.75, 3.05) is 13.2 Å². The van der Waals surface area contributed by atoms with Crippen molar-refractivity contribution in [3.05, 3.63) is 97.2 Å². The molecule has 0 saturated carbocycles. The highest BCUT2D eigenvalue weighted by Gasteiger charge is 2.19. The maximum Gasteiger partial charge on any atom is 0.306 e. The fourth-order valence-corrected chi connectivity index (χ4v) is 10.2. The topological polar surface area (TPSA) is 78.9 Å². The van der Waals surface area contributed by atoms with Crippen molar-refractivity contribution in [3.63, 3.8) is 0 Å². The lowest BCUT2D eigenvalue weighted by molar-refractivity contribution is -0.167. The molecule has 0 saturated heterocycles. The minimum Gasteiger partial charge on any atom is -0.462 e. The predicted molar refractivity (Wildman–Crippen MR) is 362 cm³/mol. The van der Waals surface area contributed by atoms with Gasteiger partial charge in [0.15, 0.2) is 6.10 Å². The minimum absolute atomic E-state index is 0.0776. The SMILES string of the molecule is CC/C=C\C/C=C\C/C=C\C/C=C\C/C=C\CCCCCCCCCCCCCC(=O)OCC(COC(=O)CCCCCCCCCCCCCCCCC)OC(=O)CCCCCCCCCC/C=C\C/C=C\C/C=C\CCCCCCC. The van der Waals surface area contributed by atoms with Crippen LogP contribution in [0.15, 0.2) is 97.2 Å². The number of unbranched alkanes of at least 4 members (excludes halogenated alkanes) is 38. The Morgan fingerprint density at radius 3 is 0.735 bits per heavy atom. The monoisotopic (exact) mass is 1160 g/mol. The standard InChI is InChI=1S/C77H134O6/c1-4-7-10-13-16-19-22-25-28-30-32-34-36-37-38-39-41-42-44-46-49-52-55-58-61-64-67-70-76(79)82-73-74(72-81-75(78)69-66-63-60-57-54-51-48-27-24-21-18-15-12-9-6-3)83-77(80)71-68-65-62-59-56-53-50-47-45-43-40-35-33-31-29-26-23-20-17-14-11-8-5-2/h7,10,16,19,23,25-26,28,31-34,37-38,40,43,74H,4-6,8-9,11-15,17-18,20-22,24,27,29-30,35-36,39,41-42,44-73H2,1-3H3/b10-7-,19-16-,26-23-,28-25-,33-31-,34-32-,38-37-,43-40-. The normalized spacial score (nSPS) is 12.7. The van der Waals surface area contributed by atoms with Gasteiger partial charge < -0.3 is 14.2 Å². The second-order valence-corrected chi connectivity index (χ2v) is 23.8. The van der Waals surface area contributed by atoms with Gasteiger partial charge in [0.1, 0.15) is 13.2 Å². The van der Waals surface area contributed by atoms with Crippen LogP contribution in [-0.2, 0) is 28.6 Å². The quantitative estimate of drug-likeness (QED) is 0.0261. The van der Waals surface area contributed by atoms with Crippen LogP contribution >= 0.6 is 0 Å². The number of esters is 3. The maximum atomic E-state index is 13.0. The zero-order chi connectivity index (χ0) is 59.9. The molecule has 0 rings (SSSR count). The summed E-state index contributed by atoms with van der Waals surface area (Å²) < 4.78 is 17.0. The Bertz CT molecular complexity index is 1610. The lowest BCUT2D eigenvalue weighted by atomic mass is 10.0. The van der Waals surface area contributed by atoms with E-state index in [0.717, 1.165) is 109 Å². The first-order chi connectivity index (χ1) is 41.0. The van der Waals surface area contributed by atoms with Crippen LogP contribution in [0.3, 0.4) is 0 Å². The Labute approximate surface area is 515 Å². The van der Waals surface area contributed by atoms with Crippen LogP contribution < -0.4 is 0 Å². The number of rotatable bonds is 65. The summed E-state index contributed by atoms with van der Waals surface area (Å²) >= 11 is 0.